The minimum absolute atomic E-state index is 0.489. The van der Waals surface area contributed by atoms with E-state index in [0.717, 1.165) is 6.54 Å². The number of aromatic nitrogens is 1. The number of nitrogens with one attached hydrogen (secondary N) is 1. The minimum Gasteiger partial charge on any atom is -0.310 e. The van der Waals surface area contributed by atoms with Crippen LogP contribution in [0.15, 0.2) is 42.7 Å². The smallest absolute Gasteiger partial charge is 0.0346 e. The van der Waals surface area contributed by atoms with E-state index < -0.39 is 0 Å². The van der Waals surface area contributed by atoms with Gasteiger partial charge in [0.15, 0.2) is 0 Å². The van der Waals surface area contributed by atoms with Crippen molar-refractivity contribution >= 4 is 0 Å². The quantitative estimate of drug-likeness (QED) is 0.826. The molecule has 1 unspecified atom stereocenters. The zero-order chi connectivity index (χ0) is 15.2. The van der Waals surface area contributed by atoms with E-state index in [-0.39, 0.29) is 0 Å². The molecule has 0 saturated carbocycles. The normalized spacial score (nSPS) is 12.6. The molecule has 2 nitrogen and oxygen atoms in total. The lowest BCUT2D eigenvalue weighted by Gasteiger charge is -2.11. The monoisotopic (exact) mass is 282 g/mol. The standard InChI is InChI=1S/C19H26N2/c1-5-15(4)17-6-8-18(9-7-17)19-10-16(11-20-13-19)12-21-14(2)3/h6-11,13-15,21H,5,12H2,1-4H3. The largest absolute Gasteiger partial charge is 0.310 e. The molecule has 0 saturated heterocycles. The van der Waals surface area contributed by atoms with Crippen LogP contribution in [0, 0.1) is 0 Å². The molecule has 2 heteroatoms. The summed E-state index contributed by atoms with van der Waals surface area (Å²) in [7, 11) is 0. The molecule has 1 atom stereocenters. The molecule has 0 spiro atoms. The Morgan fingerprint density at radius 3 is 2.33 bits per heavy atom. The Balaban J connectivity index is 2.16. The van der Waals surface area contributed by atoms with Crippen LogP contribution in [0.1, 0.15) is 51.2 Å². The SMILES string of the molecule is CCC(C)c1ccc(-c2cncc(CNC(C)C)c2)cc1. The van der Waals surface area contributed by atoms with Crippen LogP contribution in [-0.2, 0) is 6.54 Å². The predicted molar refractivity (Wildman–Crippen MR) is 90.4 cm³/mol. The van der Waals surface area contributed by atoms with Gasteiger partial charge in [-0.2, -0.15) is 0 Å². The van der Waals surface area contributed by atoms with Gasteiger partial charge >= 0.3 is 0 Å². The summed E-state index contributed by atoms with van der Waals surface area (Å²) in [5, 5.41) is 3.43. The second-order valence-corrected chi connectivity index (χ2v) is 6.05. The van der Waals surface area contributed by atoms with Gasteiger partial charge in [-0.15, -0.1) is 0 Å². The highest BCUT2D eigenvalue weighted by atomic mass is 14.9. The lowest BCUT2D eigenvalue weighted by Crippen LogP contribution is -2.21. The summed E-state index contributed by atoms with van der Waals surface area (Å²) >= 11 is 0. The third-order valence-electron chi connectivity index (χ3n) is 3.93. The summed E-state index contributed by atoms with van der Waals surface area (Å²) in [6.07, 6.45) is 5.06. The highest BCUT2D eigenvalue weighted by Gasteiger charge is 2.05. The number of benzene rings is 1. The van der Waals surface area contributed by atoms with E-state index in [0.29, 0.717) is 12.0 Å². The van der Waals surface area contributed by atoms with Gasteiger partial charge in [-0.05, 0) is 35.1 Å². The Hall–Kier alpha value is -1.67. The minimum atomic E-state index is 0.489. The fourth-order valence-electron chi connectivity index (χ4n) is 2.30. The van der Waals surface area contributed by atoms with E-state index >= 15 is 0 Å². The van der Waals surface area contributed by atoms with Gasteiger partial charge in [-0.3, -0.25) is 4.98 Å². The van der Waals surface area contributed by atoms with Crippen molar-refractivity contribution in [2.75, 3.05) is 0 Å². The van der Waals surface area contributed by atoms with Gasteiger partial charge in [0.1, 0.15) is 0 Å². The number of hydrogen-bond donors (Lipinski definition) is 1. The van der Waals surface area contributed by atoms with E-state index in [1.807, 2.05) is 12.4 Å². The maximum atomic E-state index is 4.37. The van der Waals surface area contributed by atoms with Crippen molar-refractivity contribution in [2.24, 2.45) is 0 Å². The number of nitrogens with zero attached hydrogens (tertiary/aromatic N) is 1. The zero-order valence-electron chi connectivity index (χ0n) is 13.6. The van der Waals surface area contributed by atoms with Crippen LogP contribution in [0.2, 0.25) is 0 Å². The summed E-state index contributed by atoms with van der Waals surface area (Å²) in [6, 6.07) is 11.6. The molecular formula is C19H26N2. The van der Waals surface area contributed by atoms with Gasteiger partial charge in [-0.25, -0.2) is 0 Å². The summed E-state index contributed by atoms with van der Waals surface area (Å²) in [5.41, 5.74) is 5.06. The topological polar surface area (TPSA) is 24.9 Å². The first-order chi connectivity index (χ1) is 10.1. The van der Waals surface area contributed by atoms with Crippen LogP contribution in [0.5, 0.6) is 0 Å². The highest BCUT2D eigenvalue weighted by molar-refractivity contribution is 5.63. The first-order valence-electron chi connectivity index (χ1n) is 7.87. The molecular weight excluding hydrogens is 256 g/mol. The average molecular weight is 282 g/mol. The van der Waals surface area contributed by atoms with Gasteiger partial charge in [-0.1, -0.05) is 52.0 Å². The Labute approximate surface area is 128 Å². The number of hydrogen-bond acceptors (Lipinski definition) is 2. The fraction of sp³-hybridized carbons (Fsp3) is 0.421. The van der Waals surface area contributed by atoms with Crippen LogP contribution in [0.3, 0.4) is 0 Å². The van der Waals surface area contributed by atoms with Gasteiger partial charge in [0.2, 0.25) is 0 Å². The Kier molecular flexibility index (Phi) is 5.51. The summed E-state index contributed by atoms with van der Waals surface area (Å²) < 4.78 is 0. The van der Waals surface area contributed by atoms with E-state index in [1.54, 1.807) is 0 Å². The van der Waals surface area contributed by atoms with Gasteiger partial charge in [0, 0.05) is 30.5 Å². The third kappa shape index (κ3) is 4.40. The summed E-state index contributed by atoms with van der Waals surface area (Å²) in [6.45, 7) is 9.68. The van der Waals surface area contributed by atoms with Crippen LogP contribution in [-0.4, -0.2) is 11.0 Å². The van der Waals surface area contributed by atoms with E-state index in [9.17, 15) is 0 Å². The molecule has 0 aliphatic heterocycles. The molecule has 1 N–H and O–H groups in total. The molecule has 2 aromatic rings. The van der Waals surface area contributed by atoms with Crippen LogP contribution in [0.25, 0.3) is 11.1 Å². The molecule has 112 valence electrons. The van der Waals surface area contributed by atoms with Gasteiger partial charge in [0.05, 0.1) is 0 Å². The maximum Gasteiger partial charge on any atom is 0.0346 e. The van der Waals surface area contributed by atoms with Gasteiger partial charge < -0.3 is 5.32 Å². The zero-order valence-corrected chi connectivity index (χ0v) is 13.6. The van der Waals surface area contributed by atoms with E-state index in [4.69, 9.17) is 0 Å². The Bertz CT molecular complexity index is 558. The van der Waals surface area contributed by atoms with Crippen molar-refractivity contribution in [3.05, 3.63) is 53.9 Å². The number of rotatable bonds is 6. The van der Waals surface area contributed by atoms with Crippen molar-refractivity contribution in [3.8, 4) is 11.1 Å². The molecule has 0 bridgehead atoms. The maximum absolute atomic E-state index is 4.37. The number of pyridine rings is 1. The second kappa shape index (κ2) is 7.37. The molecule has 1 heterocycles. The van der Waals surface area contributed by atoms with Crippen LogP contribution in [0.4, 0.5) is 0 Å². The molecule has 0 amide bonds. The second-order valence-electron chi connectivity index (χ2n) is 6.05. The predicted octanol–water partition coefficient (Wildman–Crippen LogP) is 4.76. The highest BCUT2D eigenvalue weighted by Crippen LogP contribution is 2.24. The van der Waals surface area contributed by atoms with E-state index in [1.165, 1.54) is 28.7 Å². The fourth-order valence-corrected chi connectivity index (χ4v) is 2.30. The third-order valence-corrected chi connectivity index (χ3v) is 3.93. The molecule has 1 aromatic carbocycles. The van der Waals surface area contributed by atoms with Crippen molar-refractivity contribution < 1.29 is 0 Å². The van der Waals surface area contributed by atoms with Crippen molar-refractivity contribution in [1.82, 2.24) is 10.3 Å². The van der Waals surface area contributed by atoms with Crippen molar-refractivity contribution in [1.29, 1.82) is 0 Å². The average Bonchev–Trinajstić information content (AvgIpc) is 2.52. The Morgan fingerprint density at radius 1 is 1.00 bits per heavy atom. The molecule has 21 heavy (non-hydrogen) atoms. The lowest BCUT2D eigenvalue weighted by atomic mass is 9.96. The van der Waals surface area contributed by atoms with E-state index in [2.05, 4.69) is 68.3 Å². The Morgan fingerprint density at radius 2 is 1.71 bits per heavy atom. The molecule has 1 aromatic heterocycles. The first-order valence-corrected chi connectivity index (χ1v) is 7.87. The molecule has 0 aliphatic rings. The first kappa shape index (κ1) is 15.7. The summed E-state index contributed by atoms with van der Waals surface area (Å²) in [4.78, 5) is 4.37. The molecule has 0 aliphatic carbocycles. The van der Waals surface area contributed by atoms with Crippen LogP contribution < -0.4 is 5.32 Å². The van der Waals surface area contributed by atoms with Gasteiger partial charge in [0.25, 0.3) is 0 Å². The van der Waals surface area contributed by atoms with Crippen molar-refractivity contribution in [2.45, 2.75) is 52.6 Å². The summed E-state index contributed by atoms with van der Waals surface area (Å²) in [5.74, 6) is 0.624. The molecule has 2 rings (SSSR count). The van der Waals surface area contributed by atoms with Crippen LogP contribution >= 0.6 is 0 Å². The molecule has 0 radical (unpaired) electrons. The van der Waals surface area contributed by atoms with Crippen molar-refractivity contribution in [3.63, 3.8) is 0 Å². The molecule has 0 fully saturated rings. The lowest BCUT2D eigenvalue weighted by molar-refractivity contribution is 0.588.